The number of methoxy groups -OCH3 is 1. The zero-order valence-electron chi connectivity index (χ0n) is 12.2. The first-order valence-electron chi connectivity index (χ1n) is 6.75. The Morgan fingerprint density at radius 1 is 1.36 bits per heavy atom. The Kier molecular flexibility index (Phi) is 6.08. The average Bonchev–Trinajstić information content (AvgIpc) is 3.02. The lowest BCUT2D eigenvalue weighted by Gasteiger charge is -2.07. The van der Waals surface area contributed by atoms with Gasteiger partial charge in [0.1, 0.15) is 6.61 Å². The standard InChI is InChI=1S/C15H18N2O5/c1-20-14(18)8-16-15(19)13-7-12(22-17-13)10-21-9-11-5-3-2-4-6-11/h2-7,14,18H,8-10H2,1H3,(H,16,19). The van der Waals surface area contributed by atoms with Crippen LogP contribution < -0.4 is 5.32 Å². The topological polar surface area (TPSA) is 93.8 Å². The third kappa shape index (κ3) is 4.96. The number of rotatable bonds is 8. The van der Waals surface area contributed by atoms with Crippen LogP contribution in [0.15, 0.2) is 40.9 Å². The smallest absolute Gasteiger partial charge is 0.273 e. The Bertz CT molecular complexity index is 585. The lowest BCUT2D eigenvalue weighted by atomic mass is 10.2. The second-order valence-corrected chi connectivity index (χ2v) is 4.56. The fourth-order valence-electron chi connectivity index (χ4n) is 1.69. The minimum absolute atomic E-state index is 0.0258. The van der Waals surface area contributed by atoms with Crippen molar-refractivity contribution in [2.24, 2.45) is 0 Å². The Morgan fingerprint density at radius 2 is 2.14 bits per heavy atom. The van der Waals surface area contributed by atoms with Gasteiger partial charge in [0.2, 0.25) is 0 Å². The molecule has 1 aromatic heterocycles. The van der Waals surface area contributed by atoms with Gasteiger partial charge in [-0.3, -0.25) is 4.79 Å². The van der Waals surface area contributed by atoms with Crippen molar-refractivity contribution in [3.05, 3.63) is 53.4 Å². The first kappa shape index (κ1) is 16.2. The highest BCUT2D eigenvalue weighted by Crippen LogP contribution is 2.08. The average molecular weight is 306 g/mol. The van der Waals surface area contributed by atoms with Crippen LogP contribution in [-0.4, -0.2) is 36.1 Å². The number of aliphatic hydroxyl groups excluding tert-OH is 1. The second kappa shape index (κ2) is 8.28. The van der Waals surface area contributed by atoms with Crippen LogP contribution in [0, 0.1) is 0 Å². The van der Waals surface area contributed by atoms with Crippen LogP contribution in [-0.2, 0) is 22.7 Å². The molecule has 0 aliphatic carbocycles. The van der Waals surface area contributed by atoms with Crippen LogP contribution in [0.3, 0.4) is 0 Å². The molecular formula is C15H18N2O5. The minimum atomic E-state index is -1.05. The van der Waals surface area contributed by atoms with Gasteiger partial charge in [-0.2, -0.15) is 0 Å². The second-order valence-electron chi connectivity index (χ2n) is 4.56. The van der Waals surface area contributed by atoms with Gasteiger partial charge in [-0.15, -0.1) is 0 Å². The van der Waals surface area contributed by atoms with Crippen LogP contribution in [0.2, 0.25) is 0 Å². The van der Waals surface area contributed by atoms with E-state index in [1.807, 2.05) is 30.3 Å². The molecule has 7 heteroatoms. The number of benzene rings is 1. The summed E-state index contributed by atoms with van der Waals surface area (Å²) in [6, 6.07) is 11.2. The van der Waals surface area contributed by atoms with E-state index in [4.69, 9.17) is 9.26 Å². The molecule has 22 heavy (non-hydrogen) atoms. The van der Waals surface area contributed by atoms with Gasteiger partial charge < -0.3 is 24.4 Å². The van der Waals surface area contributed by atoms with Crippen molar-refractivity contribution in [1.82, 2.24) is 10.5 Å². The number of carbonyl (C=O) groups is 1. The van der Waals surface area contributed by atoms with Crippen molar-refractivity contribution < 1.29 is 23.9 Å². The molecule has 0 saturated carbocycles. The molecule has 0 fully saturated rings. The summed E-state index contributed by atoms with van der Waals surface area (Å²) >= 11 is 0. The molecule has 2 rings (SSSR count). The Hall–Kier alpha value is -2.22. The highest BCUT2D eigenvalue weighted by molar-refractivity contribution is 5.92. The number of nitrogens with one attached hydrogen (secondary N) is 1. The number of aromatic nitrogens is 1. The predicted molar refractivity (Wildman–Crippen MR) is 76.8 cm³/mol. The normalized spacial score (nSPS) is 12.1. The van der Waals surface area contributed by atoms with E-state index in [2.05, 4.69) is 15.2 Å². The van der Waals surface area contributed by atoms with Gasteiger partial charge in [0, 0.05) is 13.2 Å². The van der Waals surface area contributed by atoms with E-state index in [1.54, 1.807) is 0 Å². The molecule has 0 saturated heterocycles. The fourth-order valence-corrected chi connectivity index (χ4v) is 1.69. The molecule has 0 spiro atoms. The first-order valence-corrected chi connectivity index (χ1v) is 6.75. The summed E-state index contributed by atoms with van der Waals surface area (Å²) in [6.07, 6.45) is -1.05. The van der Waals surface area contributed by atoms with E-state index in [0.29, 0.717) is 12.4 Å². The maximum atomic E-state index is 11.7. The molecule has 1 heterocycles. The van der Waals surface area contributed by atoms with Gasteiger partial charge in [0.15, 0.2) is 17.7 Å². The van der Waals surface area contributed by atoms with Crippen LogP contribution >= 0.6 is 0 Å². The molecule has 2 aromatic rings. The molecule has 0 aliphatic heterocycles. The quantitative estimate of drug-likeness (QED) is 0.709. The SMILES string of the molecule is COC(O)CNC(=O)c1cc(COCc2ccccc2)on1. The molecule has 1 unspecified atom stereocenters. The Morgan fingerprint density at radius 3 is 2.86 bits per heavy atom. The van der Waals surface area contributed by atoms with Crippen LogP contribution in [0.5, 0.6) is 0 Å². The third-order valence-electron chi connectivity index (χ3n) is 2.86. The van der Waals surface area contributed by atoms with Crippen molar-refractivity contribution in [3.63, 3.8) is 0 Å². The van der Waals surface area contributed by atoms with Crippen molar-refractivity contribution in [2.75, 3.05) is 13.7 Å². The predicted octanol–water partition coefficient (Wildman–Crippen LogP) is 1.09. The zero-order valence-corrected chi connectivity index (χ0v) is 12.2. The summed E-state index contributed by atoms with van der Waals surface area (Å²) in [6.45, 7) is 0.640. The monoisotopic (exact) mass is 306 g/mol. The van der Waals surface area contributed by atoms with Gasteiger partial charge in [0.25, 0.3) is 5.91 Å². The van der Waals surface area contributed by atoms with E-state index in [1.165, 1.54) is 13.2 Å². The number of ether oxygens (including phenoxy) is 2. The van der Waals surface area contributed by atoms with Crippen LogP contribution in [0.25, 0.3) is 0 Å². The molecule has 1 amide bonds. The van der Waals surface area contributed by atoms with Crippen molar-refractivity contribution >= 4 is 5.91 Å². The lowest BCUT2D eigenvalue weighted by molar-refractivity contribution is -0.0695. The maximum absolute atomic E-state index is 11.7. The zero-order chi connectivity index (χ0) is 15.8. The van der Waals surface area contributed by atoms with Crippen LogP contribution in [0.1, 0.15) is 21.8 Å². The summed E-state index contributed by atoms with van der Waals surface area (Å²) < 4.78 is 15.1. The van der Waals surface area contributed by atoms with E-state index in [-0.39, 0.29) is 18.8 Å². The highest BCUT2D eigenvalue weighted by atomic mass is 16.6. The summed E-state index contributed by atoms with van der Waals surface area (Å²) in [5.41, 5.74) is 1.18. The number of nitrogens with zero attached hydrogens (tertiary/aromatic N) is 1. The summed E-state index contributed by atoms with van der Waals surface area (Å²) in [4.78, 5) is 11.7. The van der Waals surface area contributed by atoms with Crippen molar-refractivity contribution in [1.29, 1.82) is 0 Å². The summed E-state index contributed by atoms with van der Waals surface area (Å²) in [5, 5.41) is 15.3. The molecule has 1 aromatic carbocycles. The molecule has 1 atom stereocenters. The number of carbonyl (C=O) groups excluding carboxylic acids is 1. The van der Waals surface area contributed by atoms with E-state index < -0.39 is 12.2 Å². The van der Waals surface area contributed by atoms with Gasteiger partial charge in [-0.1, -0.05) is 35.5 Å². The molecule has 0 bridgehead atoms. The van der Waals surface area contributed by atoms with E-state index in [9.17, 15) is 9.90 Å². The first-order chi connectivity index (χ1) is 10.7. The number of hydrogen-bond acceptors (Lipinski definition) is 6. The van der Waals surface area contributed by atoms with Gasteiger partial charge >= 0.3 is 0 Å². The molecule has 0 aliphatic rings. The molecule has 7 nitrogen and oxygen atoms in total. The van der Waals surface area contributed by atoms with E-state index >= 15 is 0 Å². The molecular weight excluding hydrogens is 288 g/mol. The summed E-state index contributed by atoms with van der Waals surface area (Å²) in [5.74, 6) is 0.00234. The largest absolute Gasteiger partial charge is 0.369 e. The van der Waals surface area contributed by atoms with Gasteiger partial charge in [-0.05, 0) is 5.56 Å². The lowest BCUT2D eigenvalue weighted by Crippen LogP contribution is -2.33. The van der Waals surface area contributed by atoms with Gasteiger partial charge in [-0.25, -0.2) is 0 Å². The maximum Gasteiger partial charge on any atom is 0.273 e. The number of amides is 1. The minimum Gasteiger partial charge on any atom is -0.369 e. The molecule has 2 N–H and O–H groups in total. The van der Waals surface area contributed by atoms with Crippen molar-refractivity contribution in [3.8, 4) is 0 Å². The van der Waals surface area contributed by atoms with Crippen molar-refractivity contribution in [2.45, 2.75) is 19.5 Å². The van der Waals surface area contributed by atoms with Crippen LogP contribution in [0.4, 0.5) is 0 Å². The third-order valence-corrected chi connectivity index (χ3v) is 2.86. The highest BCUT2D eigenvalue weighted by Gasteiger charge is 2.13. The number of hydrogen-bond donors (Lipinski definition) is 2. The summed E-state index contributed by atoms with van der Waals surface area (Å²) in [7, 11) is 1.34. The molecule has 118 valence electrons. The Balaban J connectivity index is 1.77. The molecule has 0 radical (unpaired) electrons. The fraction of sp³-hybridized carbons (Fsp3) is 0.333. The Labute approximate surface area is 127 Å². The number of aliphatic hydroxyl groups is 1. The van der Waals surface area contributed by atoms with E-state index in [0.717, 1.165) is 5.56 Å². The van der Waals surface area contributed by atoms with Gasteiger partial charge in [0.05, 0.1) is 13.2 Å².